The van der Waals surface area contributed by atoms with Crippen molar-refractivity contribution in [2.45, 2.75) is 13.8 Å². The van der Waals surface area contributed by atoms with Crippen LogP contribution in [0.15, 0.2) is 13.4 Å². The van der Waals surface area contributed by atoms with Gasteiger partial charge in [-0.2, -0.15) is 0 Å². The first-order chi connectivity index (χ1) is 11.4. The van der Waals surface area contributed by atoms with Crippen molar-refractivity contribution in [2.75, 3.05) is 37.7 Å². The second kappa shape index (κ2) is 7.21. The molecule has 6 nitrogen and oxygen atoms in total. The van der Waals surface area contributed by atoms with Crippen molar-refractivity contribution < 1.29 is 9.53 Å². The Morgan fingerprint density at radius 2 is 1.83 bits per heavy atom. The molecule has 1 saturated heterocycles. The standard InChI is InChI=1S/C15H17Br3N4O2/c1-3-24-15(23)22-6-4-21(5-7-22)14-19-12-10(17)8(2)9(16)11(18)13(12)20-14/h3-7H2,1-2H3,(H,19,20). The van der Waals surface area contributed by atoms with Crippen LogP contribution in [0.4, 0.5) is 10.7 Å². The largest absolute Gasteiger partial charge is 0.450 e. The monoisotopic (exact) mass is 522 g/mol. The maximum absolute atomic E-state index is 11.8. The van der Waals surface area contributed by atoms with Gasteiger partial charge in [-0.25, -0.2) is 9.78 Å². The fourth-order valence-electron chi connectivity index (χ4n) is 2.70. The molecule has 1 N–H and O–H groups in total. The smallest absolute Gasteiger partial charge is 0.409 e. The maximum atomic E-state index is 11.8. The van der Waals surface area contributed by atoms with Crippen molar-refractivity contribution in [1.82, 2.24) is 14.9 Å². The van der Waals surface area contributed by atoms with Crippen LogP contribution in [0.5, 0.6) is 0 Å². The Labute approximate surface area is 165 Å². The van der Waals surface area contributed by atoms with Crippen molar-refractivity contribution in [2.24, 2.45) is 0 Å². The Balaban J connectivity index is 1.83. The quantitative estimate of drug-likeness (QED) is 0.590. The van der Waals surface area contributed by atoms with Gasteiger partial charge in [0.15, 0.2) is 0 Å². The Bertz CT molecular complexity index is 740. The summed E-state index contributed by atoms with van der Waals surface area (Å²) in [6, 6.07) is 0. The predicted molar refractivity (Wildman–Crippen MR) is 105 cm³/mol. The third kappa shape index (κ3) is 3.17. The number of ether oxygens (including phenoxy) is 1. The number of halogens is 3. The van der Waals surface area contributed by atoms with E-state index in [9.17, 15) is 4.79 Å². The number of nitrogens with zero attached hydrogens (tertiary/aromatic N) is 3. The number of benzene rings is 1. The topological polar surface area (TPSA) is 61.5 Å². The molecule has 0 saturated carbocycles. The summed E-state index contributed by atoms with van der Waals surface area (Å²) in [6.07, 6.45) is -0.244. The molecule has 1 aromatic carbocycles. The van der Waals surface area contributed by atoms with Crippen LogP contribution in [-0.4, -0.2) is 53.7 Å². The number of anilines is 1. The van der Waals surface area contributed by atoms with Gasteiger partial charge in [-0.15, -0.1) is 0 Å². The van der Waals surface area contributed by atoms with Gasteiger partial charge in [-0.3, -0.25) is 0 Å². The molecule has 9 heteroatoms. The van der Waals surface area contributed by atoms with E-state index >= 15 is 0 Å². The minimum absolute atomic E-state index is 0.244. The van der Waals surface area contributed by atoms with E-state index in [1.165, 1.54) is 0 Å². The van der Waals surface area contributed by atoms with Crippen molar-refractivity contribution in [3.63, 3.8) is 0 Å². The predicted octanol–water partition coefficient (Wildman–Crippen LogP) is 4.44. The number of aromatic amines is 1. The van der Waals surface area contributed by atoms with Gasteiger partial charge in [-0.05, 0) is 67.2 Å². The third-order valence-electron chi connectivity index (χ3n) is 4.08. The van der Waals surface area contributed by atoms with Crippen LogP contribution in [0.1, 0.15) is 12.5 Å². The summed E-state index contributed by atoms with van der Waals surface area (Å²) in [7, 11) is 0. The van der Waals surface area contributed by atoms with E-state index in [1.807, 2.05) is 13.8 Å². The number of piperazine rings is 1. The van der Waals surface area contributed by atoms with E-state index in [0.29, 0.717) is 32.8 Å². The molecule has 2 heterocycles. The molecule has 3 rings (SSSR count). The summed E-state index contributed by atoms with van der Waals surface area (Å²) in [6.45, 7) is 6.94. The van der Waals surface area contributed by atoms with Crippen LogP contribution in [0.2, 0.25) is 0 Å². The number of fused-ring (bicyclic) bond motifs is 1. The molecule has 0 spiro atoms. The Morgan fingerprint density at radius 3 is 2.46 bits per heavy atom. The molecule has 1 aliphatic rings. The number of imidazole rings is 1. The molecule has 1 aromatic heterocycles. The molecule has 0 radical (unpaired) electrons. The van der Waals surface area contributed by atoms with E-state index < -0.39 is 0 Å². The number of hydrogen-bond donors (Lipinski definition) is 1. The Hall–Kier alpha value is -0.800. The Morgan fingerprint density at radius 1 is 1.17 bits per heavy atom. The number of hydrogen-bond acceptors (Lipinski definition) is 4. The highest BCUT2D eigenvalue weighted by Crippen LogP contribution is 2.39. The van der Waals surface area contributed by atoms with Gasteiger partial charge in [0.1, 0.15) is 5.52 Å². The molecule has 24 heavy (non-hydrogen) atoms. The highest BCUT2D eigenvalue weighted by atomic mass is 79.9. The molecule has 2 aromatic rings. The van der Waals surface area contributed by atoms with Gasteiger partial charge >= 0.3 is 6.09 Å². The fourth-order valence-corrected chi connectivity index (χ4v) is 4.42. The zero-order valence-electron chi connectivity index (χ0n) is 13.3. The molecular weight excluding hydrogens is 508 g/mol. The van der Waals surface area contributed by atoms with Crippen LogP contribution in [-0.2, 0) is 4.74 Å². The lowest BCUT2D eigenvalue weighted by Gasteiger charge is -2.33. The average Bonchev–Trinajstić information content (AvgIpc) is 3.04. The van der Waals surface area contributed by atoms with Crippen LogP contribution in [0, 0.1) is 6.92 Å². The molecule has 1 fully saturated rings. The first-order valence-electron chi connectivity index (χ1n) is 7.63. The van der Waals surface area contributed by atoms with Gasteiger partial charge in [0.2, 0.25) is 5.95 Å². The SMILES string of the molecule is CCOC(=O)N1CCN(c2nc3c(Br)c(Br)c(C)c(Br)c3[nH]2)CC1. The summed E-state index contributed by atoms with van der Waals surface area (Å²) in [4.78, 5) is 23.8. The average molecular weight is 525 g/mol. The number of carbonyl (C=O) groups excluding carboxylic acids is 1. The van der Waals surface area contributed by atoms with Crippen molar-refractivity contribution in [3.8, 4) is 0 Å². The molecule has 1 amide bonds. The minimum atomic E-state index is -0.244. The molecule has 0 atom stereocenters. The van der Waals surface area contributed by atoms with E-state index in [2.05, 4.69) is 57.7 Å². The van der Waals surface area contributed by atoms with Crippen molar-refractivity contribution in [3.05, 3.63) is 19.0 Å². The first-order valence-corrected chi connectivity index (χ1v) is 10.0. The van der Waals surface area contributed by atoms with E-state index in [1.54, 1.807) is 4.90 Å². The third-order valence-corrected chi connectivity index (χ3v) is 7.36. The van der Waals surface area contributed by atoms with E-state index in [-0.39, 0.29) is 6.09 Å². The molecular formula is C15H17Br3N4O2. The van der Waals surface area contributed by atoms with Crippen LogP contribution in [0.3, 0.4) is 0 Å². The summed E-state index contributed by atoms with van der Waals surface area (Å²) in [5, 5.41) is 0. The lowest BCUT2D eigenvalue weighted by Crippen LogP contribution is -2.49. The lowest BCUT2D eigenvalue weighted by molar-refractivity contribution is 0.105. The van der Waals surface area contributed by atoms with Gasteiger partial charge in [0.05, 0.1) is 16.6 Å². The number of H-pyrrole nitrogens is 1. The lowest BCUT2D eigenvalue weighted by atomic mass is 10.2. The van der Waals surface area contributed by atoms with Crippen molar-refractivity contribution >= 4 is 70.9 Å². The van der Waals surface area contributed by atoms with E-state index in [0.717, 1.165) is 36.0 Å². The Kier molecular flexibility index (Phi) is 5.41. The summed E-state index contributed by atoms with van der Waals surface area (Å²) < 4.78 is 7.98. The molecule has 0 bridgehead atoms. The summed E-state index contributed by atoms with van der Waals surface area (Å²) in [5.74, 6) is 0.812. The number of rotatable bonds is 2. The van der Waals surface area contributed by atoms with Gasteiger partial charge in [0, 0.05) is 35.1 Å². The first kappa shape index (κ1) is 18.0. The van der Waals surface area contributed by atoms with E-state index in [4.69, 9.17) is 9.72 Å². The molecule has 1 aliphatic heterocycles. The molecule has 0 unspecified atom stereocenters. The zero-order valence-corrected chi connectivity index (χ0v) is 18.1. The highest BCUT2D eigenvalue weighted by Gasteiger charge is 2.25. The minimum Gasteiger partial charge on any atom is -0.450 e. The normalized spacial score (nSPS) is 15.2. The van der Waals surface area contributed by atoms with Crippen LogP contribution >= 0.6 is 47.8 Å². The summed E-state index contributed by atoms with van der Waals surface area (Å²) in [5.41, 5.74) is 2.95. The number of amides is 1. The number of carbonyl (C=O) groups is 1. The van der Waals surface area contributed by atoms with Crippen LogP contribution < -0.4 is 4.90 Å². The van der Waals surface area contributed by atoms with Gasteiger partial charge in [-0.1, -0.05) is 0 Å². The number of nitrogens with one attached hydrogen (secondary N) is 1. The molecule has 0 aliphatic carbocycles. The second-order valence-corrected chi connectivity index (χ2v) is 7.90. The highest BCUT2D eigenvalue weighted by molar-refractivity contribution is 9.13. The number of aromatic nitrogens is 2. The van der Waals surface area contributed by atoms with Crippen LogP contribution in [0.25, 0.3) is 11.0 Å². The summed E-state index contributed by atoms with van der Waals surface area (Å²) >= 11 is 10.8. The fraction of sp³-hybridized carbons (Fsp3) is 0.467. The maximum Gasteiger partial charge on any atom is 0.409 e. The zero-order chi connectivity index (χ0) is 17.4. The van der Waals surface area contributed by atoms with Gasteiger partial charge < -0.3 is 19.5 Å². The van der Waals surface area contributed by atoms with Crippen molar-refractivity contribution in [1.29, 1.82) is 0 Å². The molecule has 130 valence electrons. The second-order valence-electron chi connectivity index (χ2n) is 5.52. The van der Waals surface area contributed by atoms with Gasteiger partial charge in [0.25, 0.3) is 0 Å².